The van der Waals surface area contributed by atoms with Crippen LogP contribution >= 0.6 is 0 Å². The van der Waals surface area contributed by atoms with Gasteiger partial charge in [0.05, 0.1) is 0 Å². The van der Waals surface area contributed by atoms with Crippen molar-refractivity contribution in [3.63, 3.8) is 0 Å². The van der Waals surface area contributed by atoms with Crippen molar-refractivity contribution >= 4 is 26.7 Å². The van der Waals surface area contributed by atoms with Crippen LogP contribution in [0.5, 0.6) is 0 Å². The molecule has 3 heteroatoms. The van der Waals surface area contributed by atoms with E-state index >= 15 is 0 Å². The molecule has 140 valence electrons. The quantitative estimate of drug-likeness (QED) is 0.248. The van der Waals surface area contributed by atoms with E-state index in [4.69, 9.17) is 4.43 Å². The third kappa shape index (κ3) is 9.30. The monoisotopic (exact) mass is 450 g/mol. The molecule has 0 aromatic heterocycles. The van der Waals surface area contributed by atoms with Crippen molar-refractivity contribution in [1.82, 2.24) is 0 Å². The van der Waals surface area contributed by atoms with E-state index in [1.165, 1.54) is 43.1 Å². The first-order valence-electron chi connectivity index (χ1n) is 10.4. The van der Waals surface area contributed by atoms with Crippen molar-refractivity contribution in [1.29, 1.82) is 0 Å². The SMILES string of the molecule is CCC[CH2][Sn]([CH2]CCC)([CH2]CCC)[CH2]O[Si](C)(C)C(C)C(C)C. The zero-order chi connectivity index (χ0) is 17.9. The Morgan fingerprint density at radius 1 is 0.783 bits per heavy atom. The summed E-state index contributed by atoms with van der Waals surface area (Å²) in [5.41, 5.74) is 0.759. The first kappa shape index (κ1) is 24.0. The molecule has 0 saturated heterocycles. The van der Waals surface area contributed by atoms with E-state index in [1.54, 1.807) is 13.3 Å². The van der Waals surface area contributed by atoms with Crippen LogP contribution in [0, 0.1) is 5.92 Å². The Kier molecular flexibility index (Phi) is 12.9. The summed E-state index contributed by atoms with van der Waals surface area (Å²) in [5.74, 6) is 0.753. The molecule has 0 aromatic rings. The molecule has 0 aliphatic carbocycles. The number of hydrogen-bond donors (Lipinski definition) is 0. The first-order chi connectivity index (χ1) is 10.7. The molecular formula is C20H46OSiSn. The van der Waals surface area contributed by atoms with E-state index in [1.807, 2.05) is 0 Å². The van der Waals surface area contributed by atoms with Gasteiger partial charge in [-0.3, -0.25) is 0 Å². The van der Waals surface area contributed by atoms with Crippen molar-refractivity contribution in [2.45, 2.75) is 112 Å². The fourth-order valence-corrected chi connectivity index (χ4v) is 24.7. The summed E-state index contributed by atoms with van der Waals surface area (Å²) >= 11 is -2.10. The van der Waals surface area contributed by atoms with Crippen molar-refractivity contribution < 1.29 is 4.43 Å². The molecule has 0 N–H and O–H groups in total. The molecule has 0 heterocycles. The summed E-state index contributed by atoms with van der Waals surface area (Å²) in [5, 5.41) is 0. The Labute approximate surface area is 153 Å². The second-order valence-electron chi connectivity index (χ2n) is 8.74. The molecular weight excluding hydrogens is 403 g/mol. The molecule has 23 heavy (non-hydrogen) atoms. The summed E-state index contributed by atoms with van der Waals surface area (Å²) < 4.78 is 12.8. The van der Waals surface area contributed by atoms with Crippen LogP contribution in [0.2, 0.25) is 31.9 Å². The molecule has 0 bridgehead atoms. The van der Waals surface area contributed by atoms with Crippen LogP contribution in [-0.2, 0) is 4.43 Å². The van der Waals surface area contributed by atoms with E-state index in [9.17, 15) is 0 Å². The molecule has 0 aliphatic rings. The molecule has 1 unspecified atom stereocenters. The summed E-state index contributed by atoms with van der Waals surface area (Å²) in [7, 11) is -1.54. The van der Waals surface area contributed by atoms with Crippen LogP contribution in [0.4, 0.5) is 0 Å². The fourth-order valence-electron chi connectivity index (χ4n) is 3.52. The van der Waals surface area contributed by atoms with Crippen molar-refractivity contribution in [2.75, 3.05) is 4.62 Å². The molecule has 0 aromatic carbocycles. The molecule has 0 aliphatic heterocycles. The predicted octanol–water partition coefficient (Wildman–Crippen LogP) is 7.64. The summed E-state index contributed by atoms with van der Waals surface area (Å²) in [6, 6.07) is 0. The Bertz CT molecular complexity index is 270. The van der Waals surface area contributed by atoms with Gasteiger partial charge in [-0.1, -0.05) is 0 Å². The van der Waals surface area contributed by atoms with Gasteiger partial charge in [0.2, 0.25) is 0 Å². The normalized spacial score (nSPS) is 14.5. The Balaban J connectivity index is 5.00. The summed E-state index contributed by atoms with van der Waals surface area (Å²) in [6.07, 6.45) is 8.44. The molecule has 0 fully saturated rings. The molecule has 0 rings (SSSR count). The topological polar surface area (TPSA) is 9.23 Å². The van der Waals surface area contributed by atoms with Gasteiger partial charge in [0.25, 0.3) is 0 Å². The summed E-state index contributed by atoms with van der Waals surface area (Å²) in [4.78, 5) is 0. The van der Waals surface area contributed by atoms with Crippen LogP contribution < -0.4 is 0 Å². The van der Waals surface area contributed by atoms with Gasteiger partial charge in [0.1, 0.15) is 0 Å². The van der Waals surface area contributed by atoms with E-state index in [0.29, 0.717) is 0 Å². The van der Waals surface area contributed by atoms with E-state index in [0.717, 1.165) is 11.5 Å². The standard InChI is InChI=1S/C8H19OSi.3C4H9.Sn/c1-7(2)8(3)10(5,6)9-4;3*1-3-4-2;/h7-8H,4H2,1-3,5-6H3;3*1,3-4H2,2H3;. The van der Waals surface area contributed by atoms with Gasteiger partial charge in [-0.15, -0.1) is 0 Å². The molecule has 0 spiro atoms. The molecule has 1 nitrogen and oxygen atoms in total. The van der Waals surface area contributed by atoms with E-state index < -0.39 is 26.7 Å². The third-order valence-corrected chi connectivity index (χ3v) is 24.9. The Hall–Kier alpha value is 0.976. The fraction of sp³-hybridized carbons (Fsp3) is 1.00. The number of rotatable bonds is 14. The van der Waals surface area contributed by atoms with Crippen LogP contribution in [0.1, 0.15) is 80.1 Å². The average Bonchev–Trinajstić information content (AvgIpc) is 2.52. The molecule has 1 atom stereocenters. The maximum atomic E-state index is 6.84. The molecule has 0 radical (unpaired) electrons. The van der Waals surface area contributed by atoms with E-state index in [2.05, 4.69) is 54.6 Å². The van der Waals surface area contributed by atoms with Crippen molar-refractivity contribution in [3.8, 4) is 0 Å². The first-order valence-corrected chi connectivity index (χ1v) is 21.4. The predicted molar refractivity (Wildman–Crippen MR) is 113 cm³/mol. The number of hydrogen-bond acceptors (Lipinski definition) is 1. The van der Waals surface area contributed by atoms with Crippen molar-refractivity contribution in [2.24, 2.45) is 5.92 Å². The minimum atomic E-state index is -2.10. The molecule has 0 amide bonds. The second kappa shape index (κ2) is 12.3. The van der Waals surface area contributed by atoms with Crippen LogP contribution in [0.3, 0.4) is 0 Å². The Morgan fingerprint density at radius 3 is 1.48 bits per heavy atom. The van der Waals surface area contributed by atoms with Gasteiger partial charge < -0.3 is 0 Å². The molecule has 0 saturated carbocycles. The minimum absolute atomic E-state index is 0.753. The van der Waals surface area contributed by atoms with Crippen LogP contribution in [-0.4, -0.2) is 31.3 Å². The van der Waals surface area contributed by atoms with Gasteiger partial charge in [-0.2, -0.15) is 0 Å². The van der Waals surface area contributed by atoms with Crippen LogP contribution in [0.15, 0.2) is 0 Å². The third-order valence-electron chi connectivity index (χ3n) is 6.03. The van der Waals surface area contributed by atoms with Gasteiger partial charge in [-0.05, 0) is 0 Å². The Morgan fingerprint density at radius 2 is 1.17 bits per heavy atom. The van der Waals surface area contributed by atoms with E-state index in [-0.39, 0.29) is 0 Å². The number of unbranched alkanes of at least 4 members (excludes halogenated alkanes) is 3. The maximum absolute atomic E-state index is 6.84. The van der Waals surface area contributed by atoms with Gasteiger partial charge in [0, 0.05) is 0 Å². The summed E-state index contributed by atoms with van der Waals surface area (Å²) in [6.45, 7) is 19.2. The zero-order valence-corrected chi connectivity index (χ0v) is 21.5. The van der Waals surface area contributed by atoms with Gasteiger partial charge >= 0.3 is 154 Å². The van der Waals surface area contributed by atoms with Gasteiger partial charge in [-0.25, -0.2) is 0 Å². The van der Waals surface area contributed by atoms with Crippen LogP contribution in [0.25, 0.3) is 0 Å². The second-order valence-corrected chi connectivity index (χ2v) is 26.8. The average molecular weight is 449 g/mol. The zero-order valence-electron chi connectivity index (χ0n) is 17.6. The van der Waals surface area contributed by atoms with Crippen molar-refractivity contribution in [3.05, 3.63) is 0 Å². The van der Waals surface area contributed by atoms with Gasteiger partial charge in [0.15, 0.2) is 0 Å².